The molecule has 1 atom stereocenters. The molecule has 47 heavy (non-hydrogen) atoms. The van der Waals surface area contributed by atoms with Crippen molar-refractivity contribution in [3.63, 3.8) is 0 Å². The Hall–Kier alpha value is -4.12. The molecule has 8 heteroatoms. The fourth-order valence-electron chi connectivity index (χ4n) is 3.72. The van der Waals surface area contributed by atoms with Gasteiger partial charge in [-0.2, -0.15) is 0 Å². The number of ketones is 1. The van der Waals surface area contributed by atoms with Gasteiger partial charge in [0.05, 0.1) is 17.9 Å². The summed E-state index contributed by atoms with van der Waals surface area (Å²) in [6.07, 6.45) is 10.4. The van der Waals surface area contributed by atoms with Gasteiger partial charge in [-0.1, -0.05) is 90.6 Å². The molecule has 0 amide bonds. The van der Waals surface area contributed by atoms with Gasteiger partial charge in [-0.3, -0.25) is 19.1 Å². The minimum absolute atomic E-state index is 0.00583. The summed E-state index contributed by atoms with van der Waals surface area (Å²) in [4.78, 5) is 17.8. The number of allylic oxidation sites excluding steroid dienone is 5. The van der Waals surface area contributed by atoms with Crippen LogP contribution >= 0.6 is 11.6 Å². The maximum atomic E-state index is 14.0. The van der Waals surface area contributed by atoms with Crippen LogP contribution in [-0.2, 0) is 4.84 Å². The standard InChI is InChI=1S/C32H34ClFN2O3.3C2H6.CH3F/c1-9-12-26(22(5)35-19-21(4)25-13-11-14-27(17-25)23(6)37)18-29(20(3)10-2)36(8)39-24(7)31-30(38)16-15-28(34)32(31)33;4*1-2/h1,10-11,13-19,24,35,38H,2,5,12H2,3-4,6-8H3;3*1-2H3;1H3/b21-19+,26-18+,29-20-;;;;. The van der Waals surface area contributed by atoms with Crippen LogP contribution in [0, 0.1) is 18.2 Å². The van der Waals surface area contributed by atoms with E-state index in [2.05, 4.69) is 24.4 Å². The van der Waals surface area contributed by atoms with Crippen molar-refractivity contribution < 1.29 is 23.5 Å². The Morgan fingerprint density at radius 3 is 2.17 bits per heavy atom. The number of terminal acetylenes is 1. The highest BCUT2D eigenvalue weighted by Gasteiger charge is 2.21. The summed E-state index contributed by atoms with van der Waals surface area (Å²) in [5.74, 6) is 1.81. The fourth-order valence-corrected chi connectivity index (χ4v) is 4.04. The number of halogens is 3. The van der Waals surface area contributed by atoms with Gasteiger partial charge < -0.3 is 10.4 Å². The van der Waals surface area contributed by atoms with Gasteiger partial charge >= 0.3 is 0 Å². The number of hydroxylamine groups is 2. The van der Waals surface area contributed by atoms with E-state index in [0.29, 0.717) is 29.7 Å². The lowest BCUT2D eigenvalue weighted by atomic mass is 10.0. The van der Waals surface area contributed by atoms with Gasteiger partial charge in [0.25, 0.3) is 0 Å². The number of carbonyl (C=O) groups is 1. The zero-order chi connectivity index (χ0) is 37.3. The first-order valence-corrected chi connectivity index (χ1v) is 15.9. The molecule has 0 heterocycles. The van der Waals surface area contributed by atoms with Crippen molar-refractivity contribution in [3.8, 4) is 18.1 Å². The number of benzene rings is 2. The highest BCUT2D eigenvalue weighted by molar-refractivity contribution is 6.31. The summed E-state index contributed by atoms with van der Waals surface area (Å²) >= 11 is 6.10. The minimum Gasteiger partial charge on any atom is -0.508 e. The van der Waals surface area contributed by atoms with Crippen LogP contribution in [0.1, 0.15) is 103 Å². The number of nitrogens with zero attached hydrogens (tertiary/aromatic N) is 1. The number of hydrogen-bond donors (Lipinski definition) is 2. The van der Waals surface area contributed by atoms with E-state index in [4.69, 9.17) is 22.9 Å². The molecule has 0 aromatic heterocycles. The monoisotopic (exact) mass is 672 g/mol. The lowest BCUT2D eigenvalue weighted by Crippen LogP contribution is -2.21. The van der Waals surface area contributed by atoms with Gasteiger partial charge in [0.15, 0.2) is 5.78 Å². The van der Waals surface area contributed by atoms with E-state index in [-0.39, 0.29) is 28.5 Å². The highest BCUT2D eigenvalue weighted by atomic mass is 35.5. The molecule has 0 bridgehead atoms. The Bertz CT molecular complexity index is 1410. The molecule has 2 N–H and O–H groups in total. The quantitative estimate of drug-likeness (QED) is 0.102. The number of alkyl halides is 1. The normalized spacial score (nSPS) is 11.4. The fraction of sp³-hybridized carbons (Fsp3) is 0.359. The molecule has 0 spiro atoms. The molecule has 260 valence electrons. The van der Waals surface area contributed by atoms with Crippen LogP contribution in [0.25, 0.3) is 5.57 Å². The van der Waals surface area contributed by atoms with Crippen molar-refractivity contribution in [1.82, 2.24) is 10.4 Å². The van der Waals surface area contributed by atoms with Crippen molar-refractivity contribution >= 4 is 23.0 Å². The molecule has 2 aromatic carbocycles. The molecular formula is C39H55ClF2N2O3. The molecule has 2 rings (SSSR count). The summed E-state index contributed by atoms with van der Waals surface area (Å²) in [5, 5.41) is 14.7. The third kappa shape index (κ3) is 15.8. The summed E-state index contributed by atoms with van der Waals surface area (Å²) in [7, 11) is 2.18. The van der Waals surface area contributed by atoms with Gasteiger partial charge in [-0.05, 0) is 74.3 Å². The third-order valence-corrected chi connectivity index (χ3v) is 6.44. The second-order valence-electron chi connectivity index (χ2n) is 8.95. The Morgan fingerprint density at radius 1 is 1.11 bits per heavy atom. The van der Waals surface area contributed by atoms with Crippen LogP contribution in [0.4, 0.5) is 8.78 Å². The van der Waals surface area contributed by atoms with E-state index < -0.39 is 11.9 Å². The van der Waals surface area contributed by atoms with Gasteiger partial charge in [-0.25, -0.2) is 4.39 Å². The van der Waals surface area contributed by atoms with Crippen LogP contribution in [0.5, 0.6) is 5.75 Å². The number of aromatic hydroxyl groups is 1. The number of hydrogen-bond acceptors (Lipinski definition) is 5. The SMILES string of the molecule is C#CC/C(=C\C(=C(/C)C=C)N(C)OC(C)c1c(O)ccc(F)c1Cl)C(=C)N/C=C(\C)c1cccc(C(C)=O)c1.CC.CC.CC.CF. The highest BCUT2D eigenvalue weighted by Crippen LogP contribution is 2.36. The van der Waals surface area contributed by atoms with Crippen LogP contribution < -0.4 is 5.32 Å². The first kappa shape index (κ1) is 47.3. The Kier molecular flexibility index (Phi) is 27.2. The van der Waals surface area contributed by atoms with Gasteiger partial charge in [0.1, 0.15) is 17.7 Å². The molecule has 0 fully saturated rings. The Balaban J connectivity index is -0.00000224. The van der Waals surface area contributed by atoms with E-state index in [1.807, 2.05) is 79.7 Å². The van der Waals surface area contributed by atoms with E-state index in [9.17, 15) is 18.7 Å². The van der Waals surface area contributed by atoms with E-state index in [1.165, 1.54) is 18.1 Å². The van der Waals surface area contributed by atoms with E-state index in [1.54, 1.807) is 32.3 Å². The average molecular weight is 673 g/mol. The molecule has 0 saturated heterocycles. The van der Waals surface area contributed by atoms with Crippen LogP contribution in [-0.4, -0.2) is 30.2 Å². The summed E-state index contributed by atoms with van der Waals surface area (Å²) < 4.78 is 23.5. The third-order valence-electron chi connectivity index (χ3n) is 6.06. The van der Waals surface area contributed by atoms with Crippen molar-refractivity contribution in [2.75, 3.05) is 14.2 Å². The van der Waals surface area contributed by atoms with Crippen molar-refractivity contribution in [2.45, 2.75) is 81.8 Å². The molecule has 0 aliphatic rings. The molecule has 2 aromatic rings. The number of phenols is 1. The summed E-state index contributed by atoms with van der Waals surface area (Å²) in [5.41, 5.74) is 5.23. The predicted molar refractivity (Wildman–Crippen MR) is 198 cm³/mol. The average Bonchev–Trinajstić information content (AvgIpc) is 3.10. The second kappa shape index (κ2) is 27.0. The molecular weight excluding hydrogens is 618 g/mol. The first-order chi connectivity index (χ1) is 22.4. The van der Waals surface area contributed by atoms with Crippen molar-refractivity contribution in [1.29, 1.82) is 0 Å². The largest absolute Gasteiger partial charge is 0.508 e. The Morgan fingerprint density at radius 2 is 1.66 bits per heavy atom. The lowest BCUT2D eigenvalue weighted by molar-refractivity contribution is -0.151. The van der Waals surface area contributed by atoms with Gasteiger partial charge in [0.2, 0.25) is 0 Å². The minimum atomic E-state index is -0.784. The molecule has 5 nitrogen and oxygen atoms in total. The Labute approximate surface area is 288 Å². The second-order valence-corrected chi connectivity index (χ2v) is 9.33. The zero-order valence-electron chi connectivity index (χ0n) is 30.3. The number of nitrogens with one attached hydrogen (secondary N) is 1. The summed E-state index contributed by atoms with van der Waals surface area (Å²) in [6.45, 7) is 27.0. The van der Waals surface area contributed by atoms with Crippen LogP contribution in [0.15, 0.2) is 90.4 Å². The maximum Gasteiger partial charge on any atom is 0.159 e. The molecule has 0 aliphatic carbocycles. The molecule has 1 unspecified atom stereocenters. The number of likely N-dealkylation sites (N-methyl/N-ethyl adjacent to an activating group) is 1. The smallest absolute Gasteiger partial charge is 0.159 e. The van der Waals surface area contributed by atoms with Crippen LogP contribution in [0.2, 0.25) is 5.02 Å². The molecule has 0 aliphatic heterocycles. The van der Waals surface area contributed by atoms with E-state index in [0.717, 1.165) is 22.8 Å². The summed E-state index contributed by atoms with van der Waals surface area (Å²) in [6, 6.07) is 9.69. The van der Waals surface area contributed by atoms with E-state index >= 15 is 0 Å². The number of rotatable bonds is 12. The van der Waals surface area contributed by atoms with Gasteiger partial charge in [-0.15, -0.1) is 12.3 Å². The number of Topliss-reactive ketones (excluding diaryl/α,β-unsaturated/α-hetero) is 1. The maximum absolute atomic E-state index is 14.0. The van der Waals surface area contributed by atoms with Gasteiger partial charge in [0, 0.05) is 36.5 Å². The van der Waals surface area contributed by atoms with Crippen molar-refractivity contribution in [2.24, 2.45) is 0 Å². The number of phenolic OH excluding ortho intramolecular Hbond substituents is 1. The topological polar surface area (TPSA) is 61.8 Å². The predicted octanol–water partition coefficient (Wildman–Crippen LogP) is 11.5. The first-order valence-electron chi connectivity index (χ1n) is 15.6. The van der Waals surface area contributed by atoms with Crippen molar-refractivity contribution in [3.05, 3.63) is 118 Å². The lowest BCUT2D eigenvalue weighted by Gasteiger charge is -2.27. The molecule has 0 saturated carbocycles. The number of carbonyl (C=O) groups excluding carboxylic acids is 1. The van der Waals surface area contributed by atoms with Crippen LogP contribution in [0.3, 0.4) is 0 Å². The molecule has 0 radical (unpaired) electrons. The zero-order valence-corrected chi connectivity index (χ0v) is 31.1.